The normalized spacial score (nSPS) is 15.6. The number of aromatic nitrogens is 2. The van der Waals surface area contributed by atoms with Crippen LogP contribution >= 0.6 is 11.5 Å². The molecule has 1 aromatic heterocycles. The molecule has 0 radical (unpaired) electrons. The second-order valence-electron chi connectivity index (χ2n) is 5.48. The molecule has 0 amide bonds. The fourth-order valence-electron chi connectivity index (χ4n) is 1.63. The molecule has 0 spiro atoms. The average Bonchev–Trinajstić information content (AvgIpc) is 2.94. The van der Waals surface area contributed by atoms with Crippen molar-refractivity contribution >= 4 is 16.7 Å². The van der Waals surface area contributed by atoms with Crippen molar-refractivity contribution in [3.63, 3.8) is 0 Å². The first-order valence-corrected chi connectivity index (χ1v) is 6.77. The van der Waals surface area contributed by atoms with E-state index in [1.165, 1.54) is 24.4 Å². The second kappa shape index (κ2) is 4.61. The molecule has 4 nitrogen and oxygen atoms in total. The molecule has 1 heterocycles. The summed E-state index contributed by atoms with van der Waals surface area (Å²) in [5.74, 6) is 0.903. The minimum Gasteiger partial charge on any atom is -0.343 e. The van der Waals surface area contributed by atoms with E-state index in [1.54, 1.807) is 0 Å². The molecule has 17 heavy (non-hydrogen) atoms. The summed E-state index contributed by atoms with van der Waals surface area (Å²) in [6, 6.07) is 2.79. The number of rotatable bonds is 4. The van der Waals surface area contributed by atoms with Crippen LogP contribution < -0.4 is 4.90 Å². The van der Waals surface area contributed by atoms with E-state index in [0.29, 0.717) is 12.5 Å². The predicted molar refractivity (Wildman–Crippen MR) is 69.2 cm³/mol. The maximum atomic E-state index is 8.69. The zero-order chi connectivity index (χ0) is 12.5. The van der Waals surface area contributed by atoms with Crippen LogP contribution in [-0.2, 0) is 5.41 Å². The highest BCUT2D eigenvalue weighted by Gasteiger charge is 2.32. The van der Waals surface area contributed by atoms with E-state index in [0.717, 1.165) is 17.5 Å². The second-order valence-corrected chi connectivity index (χ2v) is 6.21. The number of anilines is 1. The third-order valence-corrected chi connectivity index (χ3v) is 3.54. The van der Waals surface area contributed by atoms with Gasteiger partial charge in [-0.25, -0.2) is 4.98 Å². The van der Waals surface area contributed by atoms with Gasteiger partial charge in [-0.3, -0.25) is 0 Å². The molecule has 92 valence electrons. The summed E-state index contributed by atoms with van der Waals surface area (Å²) in [7, 11) is 0. The fourth-order valence-corrected chi connectivity index (χ4v) is 2.58. The van der Waals surface area contributed by atoms with Crippen molar-refractivity contribution in [2.45, 2.75) is 51.5 Å². The minimum absolute atomic E-state index is 0.000794. The lowest BCUT2D eigenvalue weighted by Crippen LogP contribution is -2.26. The lowest BCUT2D eigenvalue weighted by Gasteiger charge is -2.19. The Labute approximate surface area is 106 Å². The lowest BCUT2D eigenvalue weighted by molar-refractivity contribution is 0.554. The molecule has 0 unspecified atom stereocenters. The van der Waals surface area contributed by atoms with Crippen molar-refractivity contribution in [3.8, 4) is 6.07 Å². The highest BCUT2D eigenvalue weighted by atomic mass is 32.1. The van der Waals surface area contributed by atoms with Crippen molar-refractivity contribution in [1.29, 1.82) is 5.26 Å². The molecular weight excluding hydrogens is 232 g/mol. The average molecular weight is 250 g/mol. The van der Waals surface area contributed by atoms with E-state index in [1.807, 2.05) is 0 Å². The molecule has 0 aromatic carbocycles. The van der Waals surface area contributed by atoms with Gasteiger partial charge >= 0.3 is 0 Å². The molecule has 0 aliphatic heterocycles. The van der Waals surface area contributed by atoms with Gasteiger partial charge in [-0.1, -0.05) is 20.8 Å². The van der Waals surface area contributed by atoms with Gasteiger partial charge in [0.2, 0.25) is 5.13 Å². The van der Waals surface area contributed by atoms with E-state index in [-0.39, 0.29) is 5.41 Å². The van der Waals surface area contributed by atoms with E-state index in [4.69, 9.17) is 5.26 Å². The first-order valence-electron chi connectivity index (χ1n) is 6.00. The molecule has 1 aromatic rings. The first kappa shape index (κ1) is 12.3. The topological polar surface area (TPSA) is 52.8 Å². The number of hydrogen-bond donors (Lipinski definition) is 0. The maximum absolute atomic E-state index is 8.69. The van der Waals surface area contributed by atoms with E-state index in [9.17, 15) is 0 Å². The molecule has 1 aliphatic rings. The Kier molecular flexibility index (Phi) is 3.34. The third kappa shape index (κ3) is 2.95. The minimum atomic E-state index is -0.000794. The summed E-state index contributed by atoms with van der Waals surface area (Å²) in [6.45, 7) is 7.14. The van der Waals surface area contributed by atoms with Crippen LogP contribution in [0.2, 0.25) is 0 Å². The van der Waals surface area contributed by atoms with Gasteiger partial charge < -0.3 is 4.90 Å². The van der Waals surface area contributed by atoms with Crippen LogP contribution in [0.5, 0.6) is 0 Å². The number of hydrogen-bond acceptors (Lipinski definition) is 5. The van der Waals surface area contributed by atoms with Crippen LogP contribution in [0.15, 0.2) is 0 Å². The maximum Gasteiger partial charge on any atom is 0.205 e. The van der Waals surface area contributed by atoms with Crippen LogP contribution in [0.25, 0.3) is 0 Å². The molecule has 2 rings (SSSR count). The molecule has 0 N–H and O–H groups in total. The zero-order valence-corrected chi connectivity index (χ0v) is 11.4. The van der Waals surface area contributed by atoms with Gasteiger partial charge in [-0.15, -0.1) is 0 Å². The fraction of sp³-hybridized carbons (Fsp3) is 0.750. The summed E-state index contributed by atoms with van der Waals surface area (Å²) < 4.78 is 4.43. The zero-order valence-electron chi connectivity index (χ0n) is 10.6. The first-order chi connectivity index (χ1) is 8.02. The summed E-state index contributed by atoms with van der Waals surface area (Å²) in [5, 5.41) is 9.67. The SMILES string of the molecule is CC(C)(C)c1nsc(N(CCC#N)C2CC2)n1. The molecule has 1 saturated carbocycles. The molecule has 1 aliphatic carbocycles. The number of nitriles is 1. The largest absolute Gasteiger partial charge is 0.343 e. The summed E-state index contributed by atoms with van der Waals surface area (Å²) >= 11 is 1.46. The Hall–Kier alpha value is -1.15. The molecule has 0 atom stereocenters. The molecule has 1 fully saturated rings. The van der Waals surface area contributed by atoms with Gasteiger partial charge in [0.1, 0.15) is 5.82 Å². The van der Waals surface area contributed by atoms with Crippen LogP contribution in [0, 0.1) is 11.3 Å². The quantitative estimate of drug-likeness (QED) is 0.824. The Morgan fingerprint density at radius 3 is 2.65 bits per heavy atom. The molecular formula is C12H18N4S. The molecule has 5 heteroatoms. The van der Waals surface area contributed by atoms with Crippen LogP contribution in [-0.4, -0.2) is 21.9 Å². The monoisotopic (exact) mass is 250 g/mol. The van der Waals surface area contributed by atoms with Gasteiger partial charge in [-0.2, -0.15) is 9.64 Å². The van der Waals surface area contributed by atoms with E-state index >= 15 is 0 Å². The highest BCUT2D eigenvalue weighted by molar-refractivity contribution is 7.09. The Balaban J connectivity index is 2.13. The van der Waals surface area contributed by atoms with Gasteiger partial charge in [0.05, 0.1) is 12.5 Å². The third-order valence-electron chi connectivity index (χ3n) is 2.78. The Bertz CT molecular complexity index is 422. The van der Waals surface area contributed by atoms with E-state index < -0.39 is 0 Å². The summed E-state index contributed by atoms with van der Waals surface area (Å²) in [4.78, 5) is 6.87. The summed E-state index contributed by atoms with van der Waals surface area (Å²) in [6.07, 6.45) is 2.99. The van der Waals surface area contributed by atoms with Gasteiger partial charge in [0.25, 0.3) is 0 Å². The predicted octanol–water partition coefficient (Wildman–Crippen LogP) is 2.72. The smallest absolute Gasteiger partial charge is 0.205 e. The van der Waals surface area contributed by atoms with Crippen LogP contribution in [0.1, 0.15) is 45.9 Å². The van der Waals surface area contributed by atoms with Crippen molar-refractivity contribution < 1.29 is 0 Å². The molecule has 0 saturated heterocycles. The Morgan fingerprint density at radius 2 is 2.18 bits per heavy atom. The molecule has 0 bridgehead atoms. The van der Waals surface area contributed by atoms with Crippen molar-refractivity contribution in [2.24, 2.45) is 0 Å². The van der Waals surface area contributed by atoms with Gasteiger partial charge in [0, 0.05) is 29.5 Å². The number of nitrogens with zero attached hydrogens (tertiary/aromatic N) is 4. The van der Waals surface area contributed by atoms with Gasteiger partial charge in [0.15, 0.2) is 0 Å². The van der Waals surface area contributed by atoms with Crippen molar-refractivity contribution in [1.82, 2.24) is 9.36 Å². The summed E-state index contributed by atoms with van der Waals surface area (Å²) in [5.41, 5.74) is -0.000794. The lowest BCUT2D eigenvalue weighted by atomic mass is 9.96. The van der Waals surface area contributed by atoms with Crippen molar-refractivity contribution in [2.75, 3.05) is 11.4 Å². The van der Waals surface area contributed by atoms with Crippen LogP contribution in [0.4, 0.5) is 5.13 Å². The standard InChI is InChI=1S/C12H18N4S/c1-12(2,3)10-14-11(17-15-10)16(8-4-7-13)9-5-6-9/h9H,4-6,8H2,1-3H3. The Morgan fingerprint density at radius 1 is 1.47 bits per heavy atom. The van der Waals surface area contributed by atoms with E-state index in [2.05, 4.69) is 41.1 Å². The van der Waals surface area contributed by atoms with Crippen molar-refractivity contribution in [3.05, 3.63) is 5.82 Å². The van der Waals surface area contributed by atoms with Gasteiger partial charge in [-0.05, 0) is 12.8 Å². The van der Waals surface area contributed by atoms with Crippen LogP contribution in [0.3, 0.4) is 0 Å². The highest BCUT2D eigenvalue weighted by Crippen LogP contribution is 2.34.